The molecule has 0 aliphatic carbocycles. The van der Waals surface area contributed by atoms with Crippen LogP contribution in [0.3, 0.4) is 0 Å². The normalized spacial score (nSPS) is 11.6. The molecule has 0 spiro atoms. The van der Waals surface area contributed by atoms with E-state index in [1.54, 1.807) is 38.3 Å². The molecule has 1 unspecified atom stereocenters. The molecular weight excluding hydrogens is 406 g/mol. The summed E-state index contributed by atoms with van der Waals surface area (Å²) >= 11 is 6.04. The standard InChI is InChI=1S/C22H22ClN3O4/c1-15(30-20-6-4-3-5-18(20)23)22(28)24-11-12-26-14-25-19(13-21(26)27)16-7-9-17(29-2)10-8-16/h3-10,13-15H,11-12H2,1-2H3,(H,24,28). The van der Waals surface area contributed by atoms with Gasteiger partial charge in [-0.1, -0.05) is 23.7 Å². The van der Waals surface area contributed by atoms with Crippen LogP contribution in [0.5, 0.6) is 11.5 Å². The van der Waals surface area contributed by atoms with E-state index in [-0.39, 0.29) is 18.0 Å². The molecule has 0 saturated heterocycles. The number of aromatic nitrogens is 2. The molecule has 1 N–H and O–H groups in total. The highest BCUT2D eigenvalue weighted by molar-refractivity contribution is 6.32. The zero-order chi connectivity index (χ0) is 21.5. The van der Waals surface area contributed by atoms with Gasteiger partial charge in [-0.25, -0.2) is 4.98 Å². The third-order valence-electron chi connectivity index (χ3n) is 4.43. The lowest BCUT2D eigenvalue weighted by molar-refractivity contribution is -0.127. The van der Waals surface area contributed by atoms with E-state index in [1.807, 2.05) is 24.3 Å². The maximum Gasteiger partial charge on any atom is 0.260 e. The highest BCUT2D eigenvalue weighted by Crippen LogP contribution is 2.24. The van der Waals surface area contributed by atoms with Gasteiger partial charge < -0.3 is 14.8 Å². The Labute approximate surface area is 179 Å². The van der Waals surface area contributed by atoms with Gasteiger partial charge in [-0.05, 0) is 43.3 Å². The van der Waals surface area contributed by atoms with Crippen LogP contribution in [0.1, 0.15) is 6.92 Å². The Hall–Kier alpha value is -3.32. The first-order chi connectivity index (χ1) is 14.5. The van der Waals surface area contributed by atoms with Crippen molar-refractivity contribution < 1.29 is 14.3 Å². The number of halogens is 1. The monoisotopic (exact) mass is 427 g/mol. The van der Waals surface area contributed by atoms with E-state index < -0.39 is 6.10 Å². The average molecular weight is 428 g/mol. The first-order valence-corrected chi connectivity index (χ1v) is 9.75. The van der Waals surface area contributed by atoms with Crippen molar-refractivity contribution in [3.8, 4) is 22.8 Å². The van der Waals surface area contributed by atoms with Gasteiger partial charge in [0.05, 0.1) is 24.2 Å². The molecule has 0 saturated carbocycles. The number of carbonyl (C=O) groups excluding carboxylic acids is 1. The summed E-state index contributed by atoms with van der Waals surface area (Å²) < 4.78 is 12.1. The molecule has 0 radical (unpaired) electrons. The molecule has 0 fully saturated rings. The SMILES string of the molecule is COc1ccc(-c2cc(=O)n(CCNC(=O)C(C)Oc3ccccc3Cl)cn2)cc1. The molecule has 0 aliphatic heterocycles. The highest BCUT2D eigenvalue weighted by Gasteiger charge is 2.15. The van der Waals surface area contributed by atoms with E-state index in [9.17, 15) is 9.59 Å². The highest BCUT2D eigenvalue weighted by atomic mass is 35.5. The lowest BCUT2D eigenvalue weighted by Gasteiger charge is -2.15. The third-order valence-corrected chi connectivity index (χ3v) is 4.74. The summed E-state index contributed by atoms with van der Waals surface area (Å²) in [6.45, 7) is 2.19. The molecule has 3 aromatic rings. The minimum Gasteiger partial charge on any atom is -0.497 e. The number of nitrogens with one attached hydrogen (secondary N) is 1. The zero-order valence-corrected chi connectivity index (χ0v) is 17.4. The summed E-state index contributed by atoms with van der Waals surface area (Å²) in [4.78, 5) is 28.9. The van der Waals surface area contributed by atoms with E-state index in [0.29, 0.717) is 23.0 Å². The minimum absolute atomic E-state index is 0.203. The predicted octanol–water partition coefficient (Wildman–Crippen LogP) is 3.16. The Kier molecular flexibility index (Phi) is 7.08. The molecule has 8 heteroatoms. The number of rotatable bonds is 8. The lowest BCUT2D eigenvalue weighted by Crippen LogP contribution is -2.38. The van der Waals surface area contributed by atoms with Crippen molar-refractivity contribution in [2.45, 2.75) is 19.6 Å². The molecule has 0 aliphatic rings. The van der Waals surface area contributed by atoms with Gasteiger partial charge in [0.25, 0.3) is 11.5 Å². The van der Waals surface area contributed by atoms with Crippen LogP contribution in [-0.4, -0.2) is 35.2 Å². The van der Waals surface area contributed by atoms with E-state index in [0.717, 1.165) is 11.3 Å². The fourth-order valence-corrected chi connectivity index (χ4v) is 2.92. The van der Waals surface area contributed by atoms with Crippen LogP contribution in [0.15, 0.2) is 65.7 Å². The second-order valence-electron chi connectivity index (χ2n) is 6.52. The van der Waals surface area contributed by atoms with Crippen LogP contribution < -0.4 is 20.3 Å². The van der Waals surface area contributed by atoms with Crippen molar-refractivity contribution in [1.82, 2.24) is 14.9 Å². The van der Waals surface area contributed by atoms with Crippen molar-refractivity contribution in [2.24, 2.45) is 0 Å². The summed E-state index contributed by atoms with van der Waals surface area (Å²) in [5.74, 6) is 0.873. The van der Waals surface area contributed by atoms with Crippen LogP contribution >= 0.6 is 11.6 Å². The molecule has 1 atom stereocenters. The number of para-hydroxylation sites is 1. The number of hydrogen-bond donors (Lipinski definition) is 1. The maximum absolute atomic E-state index is 12.4. The van der Waals surface area contributed by atoms with Gasteiger partial charge in [0.2, 0.25) is 0 Å². The van der Waals surface area contributed by atoms with Gasteiger partial charge in [-0.3, -0.25) is 14.2 Å². The summed E-state index contributed by atoms with van der Waals surface area (Å²) in [5, 5.41) is 3.19. The van der Waals surface area contributed by atoms with Gasteiger partial charge in [0.1, 0.15) is 11.5 Å². The summed E-state index contributed by atoms with van der Waals surface area (Å²) in [6, 6.07) is 15.7. The smallest absolute Gasteiger partial charge is 0.260 e. The van der Waals surface area contributed by atoms with E-state index in [2.05, 4.69) is 10.3 Å². The number of hydrogen-bond acceptors (Lipinski definition) is 5. The largest absolute Gasteiger partial charge is 0.497 e. The molecule has 0 bridgehead atoms. The summed E-state index contributed by atoms with van der Waals surface area (Å²) in [7, 11) is 1.59. The van der Waals surface area contributed by atoms with Gasteiger partial charge in [-0.15, -0.1) is 0 Å². The average Bonchev–Trinajstić information content (AvgIpc) is 2.76. The molecule has 156 valence electrons. The molecular formula is C22H22ClN3O4. The molecule has 1 aromatic heterocycles. The van der Waals surface area contributed by atoms with Gasteiger partial charge in [0, 0.05) is 24.7 Å². The maximum atomic E-state index is 12.4. The fourth-order valence-electron chi connectivity index (χ4n) is 2.74. The van der Waals surface area contributed by atoms with Crippen molar-refractivity contribution in [2.75, 3.05) is 13.7 Å². The topological polar surface area (TPSA) is 82.5 Å². The second-order valence-corrected chi connectivity index (χ2v) is 6.92. The number of ether oxygens (including phenoxy) is 2. The Bertz CT molecular complexity index is 1070. The predicted molar refractivity (Wildman–Crippen MR) is 115 cm³/mol. The van der Waals surface area contributed by atoms with Crippen LogP contribution in [0.25, 0.3) is 11.3 Å². The van der Waals surface area contributed by atoms with Gasteiger partial charge in [0.15, 0.2) is 6.10 Å². The fraction of sp³-hybridized carbons (Fsp3) is 0.227. The van der Waals surface area contributed by atoms with Gasteiger partial charge >= 0.3 is 0 Å². The lowest BCUT2D eigenvalue weighted by atomic mass is 10.1. The number of methoxy groups -OCH3 is 1. The van der Waals surface area contributed by atoms with Crippen molar-refractivity contribution in [1.29, 1.82) is 0 Å². The molecule has 7 nitrogen and oxygen atoms in total. The molecule has 30 heavy (non-hydrogen) atoms. The number of amides is 1. The number of carbonyl (C=O) groups is 1. The van der Waals surface area contributed by atoms with E-state index in [1.165, 1.54) is 17.0 Å². The Morgan fingerprint density at radius 3 is 2.60 bits per heavy atom. The quantitative estimate of drug-likeness (QED) is 0.597. The van der Waals surface area contributed by atoms with Crippen LogP contribution in [0, 0.1) is 0 Å². The third kappa shape index (κ3) is 5.39. The van der Waals surface area contributed by atoms with Crippen molar-refractivity contribution in [3.05, 3.63) is 76.3 Å². The van der Waals surface area contributed by atoms with E-state index >= 15 is 0 Å². The molecule has 1 heterocycles. The summed E-state index contributed by atoms with van der Waals surface area (Å²) in [5.41, 5.74) is 1.19. The Morgan fingerprint density at radius 1 is 1.20 bits per heavy atom. The van der Waals surface area contributed by atoms with E-state index in [4.69, 9.17) is 21.1 Å². The Morgan fingerprint density at radius 2 is 1.93 bits per heavy atom. The first kappa shape index (κ1) is 21.4. The van der Waals surface area contributed by atoms with Crippen LogP contribution in [-0.2, 0) is 11.3 Å². The van der Waals surface area contributed by atoms with Crippen molar-refractivity contribution in [3.63, 3.8) is 0 Å². The zero-order valence-electron chi connectivity index (χ0n) is 16.7. The van der Waals surface area contributed by atoms with Crippen LogP contribution in [0.2, 0.25) is 5.02 Å². The summed E-state index contributed by atoms with van der Waals surface area (Å²) in [6.07, 6.45) is 0.745. The van der Waals surface area contributed by atoms with Crippen molar-refractivity contribution >= 4 is 17.5 Å². The molecule has 3 rings (SSSR count). The van der Waals surface area contributed by atoms with Crippen LogP contribution in [0.4, 0.5) is 0 Å². The number of benzene rings is 2. The molecule has 1 amide bonds. The number of nitrogens with zero attached hydrogens (tertiary/aromatic N) is 2. The Balaban J connectivity index is 1.54. The second kappa shape index (κ2) is 9.93. The van der Waals surface area contributed by atoms with Gasteiger partial charge in [-0.2, -0.15) is 0 Å². The molecule has 2 aromatic carbocycles. The minimum atomic E-state index is -0.725. The first-order valence-electron chi connectivity index (χ1n) is 9.37.